The van der Waals surface area contributed by atoms with Crippen molar-refractivity contribution in [3.8, 4) is 0 Å². The molecule has 168 valence electrons. The predicted molar refractivity (Wildman–Crippen MR) is 107 cm³/mol. The first kappa shape index (κ1) is 23.9. The number of hydrogen-bond donors (Lipinski definition) is 3. The maximum Gasteiger partial charge on any atom is 0.511 e. The first-order chi connectivity index (χ1) is 14.1. The van der Waals surface area contributed by atoms with E-state index in [1.165, 1.54) is 0 Å². The van der Waals surface area contributed by atoms with Crippen molar-refractivity contribution in [1.29, 1.82) is 0 Å². The van der Waals surface area contributed by atoms with Gasteiger partial charge in [0.2, 0.25) is 0 Å². The fraction of sp³-hybridized carbons (Fsp3) is 0.556. The van der Waals surface area contributed by atoms with Gasteiger partial charge >= 0.3 is 15.5 Å². The van der Waals surface area contributed by atoms with Crippen molar-refractivity contribution in [2.24, 2.45) is 4.99 Å². The van der Waals surface area contributed by atoms with E-state index in [0.29, 0.717) is 35.5 Å². The van der Waals surface area contributed by atoms with Crippen LogP contribution in [0.2, 0.25) is 0 Å². The fourth-order valence-corrected chi connectivity index (χ4v) is 3.91. The van der Waals surface area contributed by atoms with Gasteiger partial charge in [-0.25, -0.2) is 8.42 Å². The Morgan fingerprint density at radius 1 is 1.17 bits per heavy atom. The largest absolute Gasteiger partial charge is 0.511 e. The van der Waals surface area contributed by atoms with Crippen LogP contribution in [0.3, 0.4) is 0 Å². The minimum absolute atomic E-state index is 0.206. The normalized spacial score (nSPS) is 16.9. The summed E-state index contributed by atoms with van der Waals surface area (Å²) in [6.07, 6.45) is 0.453. The minimum atomic E-state index is -5.29. The van der Waals surface area contributed by atoms with Crippen molar-refractivity contribution in [1.82, 2.24) is 20.3 Å². The zero-order chi connectivity index (χ0) is 22.2. The van der Waals surface area contributed by atoms with Crippen LogP contribution in [-0.4, -0.2) is 68.9 Å². The Morgan fingerprint density at radius 3 is 2.37 bits per heavy atom. The Labute approximate surface area is 174 Å². The maximum atomic E-state index is 12.7. The van der Waals surface area contributed by atoms with Gasteiger partial charge in [0, 0.05) is 37.8 Å². The number of rotatable bonds is 7. The number of halogens is 3. The third kappa shape index (κ3) is 6.59. The lowest BCUT2D eigenvalue weighted by Gasteiger charge is -2.32. The molecule has 1 saturated heterocycles. The average Bonchev–Trinajstić information content (AvgIpc) is 2.71. The summed E-state index contributed by atoms with van der Waals surface area (Å²) in [5, 5.41) is 8.90. The van der Waals surface area contributed by atoms with E-state index in [9.17, 15) is 26.4 Å². The summed E-state index contributed by atoms with van der Waals surface area (Å²) in [4.78, 5) is 16.3. The number of guanidine groups is 1. The van der Waals surface area contributed by atoms with E-state index in [4.69, 9.17) is 0 Å². The van der Waals surface area contributed by atoms with Gasteiger partial charge in [-0.05, 0) is 31.9 Å². The molecule has 3 N–H and O–H groups in total. The van der Waals surface area contributed by atoms with Crippen LogP contribution < -0.4 is 16.0 Å². The minimum Gasteiger partial charge on any atom is -0.357 e. The van der Waals surface area contributed by atoms with E-state index >= 15 is 0 Å². The third-order valence-electron chi connectivity index (χ3n) is 4.47. The highest BCUT2D eigenvalue weighted by atomic mass is 32.2. The zero-order valence-electron chi connectivity index (χ0n) is 16.6. The molecule has 30 heavy (non-hydrogen) atoms. The van der Waals surface area contributed by atoms with Crippen LogP contribution in [0.1, 0.15) is 30.1 Å². The van der Waals surface area contributed by atoms with E-state index in [1.807, 2.05) is 13.0 Å². The fourth-order valence-electron chi connectivity index (χ4n) is 2.93. The maximum absolute atomic E-state index is 12.7. The number of carbonyl (C=O) groups is 1. The Bertz CT molecular complexity index is 823. The molecule has 0 unspecified atom stereocenters. The molecule has 0 aromatic heterocycles. The number of amides is 1. The van der Waals surface area contributed by atoms with Crippen molar-refractivity contribution in [2.75, 3.05) is 32.7 Å². The molecule has 1 fully saturated rings. The van der Waals surface area contributed by atoms with Crippen LogP contribution in [0.4, 0.5) is 13.2 Å². The van der Waals surface area contributed by atoms with Gasteiger partial charge in [-0.2, -0.15) is 17.5 Å². The molecular formula is C18H26F3N5O3S. The van der Waals surface area contributed by atoms with Crippen LogP contribution in [0.15, 0.2) is 35.3 Å². The second-order valence-electron chi connectivity index (χ2n) is 6.65. The molecule has 8 nitrogen and oxygen atoms in total. The smallest absolute Gasteiger partial charge is 0.357 e. The van der Waals surface area contributed by atoms with E-state index in [1.54, 1.807) is 24.3 Å². The highest BCUT2D eigenvalue weighted by Crippen LogP contribution is 2.28. The van der Waals surface area contributed by atoms with Gasteiger partial charge in [0.05, 0.1) is 6.54 Å². The molecule has 12 heteroatoms. The summed E-state index contributed by atoms with van der Waals surface area (Å²) in [5.74, 6) is 0.255. The highest BCUT2D eigenvalue weighted by molar-refractivity contribution is 7.90. The van der Waals surface area contributed by atoms with Crippen molar-refractivity contribution >= 4 is 21.9 Å². The van der Waals surface area contributed by atoms with Gasteiger partial charge in [-0.3, -0.25) is 9.79 Å². The number of piperidine rings is 1. The second-order valence-corrected chi connectivity index (χ2v) is 8.58. The summed E-state index contributed by atoms with van der Waals surface area (Å²) in [7, 11) is -5.29. The lowest BCUT2D eigenvalue weighted by Crippen LogP contribution is -2.51. The lowest BCUT2D eigenvalue weighted by atomic mass is 10.1. The van der Waals surface area contributed by atoms with Gasteiger partial charge in [-0.1, -0.05) is 18.2 Å². The third-order valence-corrected chi connectivity index (χ3v) is 6.10. The summed E-state index contributed by atoms with van der Waals surface area (Å²) in [5.41, 5.74) is -4.74. The standard InChI is InChI=1S/C18H26F3N5O3S/c1-2-22-17(24-11-10-23-16(27)14-6-4-3-5-7-14)25-15-8-12-26(13-9-15)30(28,29)18(19,20)21/h3-7,15H,2,8-13H2,1H3,(H,23,27)(H2,22,24,25). The van der Waals surface area contributed by atoms with Gasteiger partial charge in [0.1, 0.15) is 0 Å². The first-order valence-electron chi connectivity index (χ1n) is 9.59. The summed E-state index contributed by atoms with van der Waals surface area (Å²) in [6.45, 7) is 2.62. The number of nitrogens with one attached hydrogen (secondary N) is 3. The Hall–Kier alpha value is -2.34. The van der Waals surface area contributed by atoms with E-state index in [2.05, 4.69) is 20.9 Å². The summed E-state index contributed by atoms with van der Waals surface area (Å²) in [6, 6.07) is 8.56. The number of benzene rings is 1. The van der Waals surface area contributed by atoms with Crippen LogP contribution in [0, 0.1) is 0 Å². The predicted octanol–water partition coefficient (Wildman–Crippen LogP) is 1.29. The van der Waals surface area contributed by atoms with Crippen molar-refractivity contribution in [3.63, 3.8) is 0 Å². The van der Waals surface area contributed by atoms with Gasteiger partial charge in [0.25, 0.3) is 5.91 Å². The molecular weight excluding hydrogens is 423 g/mol. The molecule has 1 aromatic carbocycles. The summed E-state index contributed by atoms with van der Waals surface area (Å²) >= 11 is 0. The van der Waals surface area contributed by atoms with Gasteiger partial charge in [0.15, 0.2) is 5.96 Å². The van der Waals surface area contributed by atoms with Crippen LogP contribution in [0.25, 0.3) is 0 Å². The van der Waals surface area contributed by atoms with Crippen molar-refractivity contribution < 1.29 is 26.4 Å². The topological polar surface area (TPSA) is 103 Å². The molecule has 0 radical (unpaired) electrons. The molecule has 1 heterocycles. The molecule has 2 rings (SSSR count). The molecule has 1 aliphatic rings. The van der Waals surface area contributed by atoms with Crippen LogP contribution in [0.5, 0.6) is 0 Å². The first-order valence-corrected chi connectivity index (χ1v) is 11.0. The van der Waals surface area contributed by atoms with E-state index in [-0.39, 0.29) is 37.9 Å². The highest BCUT2D eigenvalue weighted by Gasteiger charge is 2.50. The number of sulfonamides is 1. The zero-order valence-corrected chi connectivity index (χ0v) is 17.4. The number of alkyl halides is 3. The second kappa shape index (κ2) is 10.6. The number of nitrogens with zero attached hydrogens (tertiary/aromatic N) is 2. The molecule has 0 saturated carbocycles. The molecule has 0 bridgehead atoms. The molecule has 1 amide bonds. The quantitative estimate of drug-likeness (QED) is 0.331. The summed E-state index contributed by atoms with van der Waals surface area (Å²) < 4.78 is 61.4. The monoisotopic (exact) mass is 449 g/mol. The van der Waals surface area contributed by atoms with Crippen molar-refractivity contribution in [3.05, 3.63) is 35.9 Å². The molecule has 0 spiro atoms. The SMILES string of the molecule is CCNC(=NCCNC(=O)c1ccccc1)NC1CCN(S(=O)(=O)C(F)(F)F)CC1. The van der Waals surface area contributed by atoms with Crippen LogP contribution in [-0.2, 0) is 10.0 Å². The number of aliphatic imine (C=N–C) groups is 1. The number of carbonyl (C=O) groups excluding carboxylic acids is 1. The average molecular weight is 449 g/mol. The van der Waals surface area contributed by atoms with Gasteiger partial charge in [-0.15, -0.1) is 0 Å². The number of hydrogen-bond acceptors (Lipinski definition) is 4. The van der Waals surface area contributed by atoms with Crippen molar-refractivity contribution in [2.45, 2.75) is 31.3 Å². The molecule has 1 aromatic rings. The van der Waals surface area contributed by atoms with Crippen LogP contribution >= 0.6 is 0 Å². The Kier molecular flexibility index (Phi) is 8.47. The molecule has 1 aliphatic heterocycles. The lowest BCUT2D eigenvalue weighted by molar-refractivity contribution is -0.0494. The van der Waals surface area contributed by atoms with Gasteiger partial charge < -0.3 is 16.0 Å². The Morgan fingerprint density at radius 2 is 1.80 bits per heavy atom. The molecule has 0 atom stereocenters. The Balaban J connectivity index is 1.82. The van der Waals surface area contributed by atoms with E-state index in [0.717, 1.165) is 0 Å². The molecule has 0 aliphatic carbocycles. The van der Waals surface area contributed by atoms with E-state index < -0.39 is 15.5 Å².